The Morgan fingerprint density at radius 1 is 1.00 bits per heavy atom. The Morgan fingerprint density at radius 3 is 1.33 bits per heavy atom. The summed E-state index contributed by atoms with van der Waals surface area (Å²) in [5.74, 6) is 0. The molecule has 0 aromatic heterocycles. The summed E-state index contributed by atoms with van der Waals surface area (Å²) in [5, 5.41) is 0. The van der Waals surface area contributed by atoms with Crippen molar-refractivity contribution < 1.29 is 19.8 Å². The summed E-state index contributed by atoms with van der Waals surface area (Å²) >= 11 is 0. The van der Waals surface area contributed by atoms with Gasteiger partial charge >= 0.3 is 19.8 Å². The maximum atomic E-state index is 3.64. The monoisotopic (exact) mass is 262 g/mol. The molecule has 0 saturated carbocycles. The molecule has 1 heteroatoms. The van der Waals surface area contributed by atoms with Crippen LogP contribution in [0.4, 0.5) is 0 Å². The molecule has 0 atom stereocenters. The van der Waals surface area contributed by atoms with Crippen LogP contribution in [0.1, 0.15) is 19.3 Å². The van der Waals surface area contributed by atoms with E-state index in [1.807, 2.05) is 0 Å². The minimum Gasteiger partial charge on any atom is -0.343 e. The quantitative estimate of drug-likeness (QED) is 0.664. The molecule has 0 unspecified atom stereocenters. The summed E-state index contributed by atoms with van der Waals surface area (Å²) in [7, 11) is 0. The molecule has 0 aliphatic carbocycles. The molecule has 0 amide bonds. The molecule has 0 fully saturated rings. The Labute approximate surface area is 53.4 Å². The molecule has 6 heavy (non-hydrogen) atoms. The first-order valence-electron chi connectivity index (χ1n) is 2.00. The summed E-state index contributed by atoms with van der Waals surface area (Å²) in [4.78, 5) is 0. The van der Waals surface area contributed by atoms with Gasteiger partial charge in [0, 0.05) is 0 Å². The van der Waals surface area contributed by atoms with Crippen molar-refractivity contribution in [1.29, 1.82) is 0 Å². The Kier molecular flexibility index (Phi) is 15.0. The van der Waals surface area contributed by atoms with E-state index in [0.29, 0.717) is 0 Å². The van der Waals surface area contributed by atoms with Gasteiger partial charge in [0.25, 0.3) is 0 Å². The van der Waals surface area contributed by atoms with E-state index in [9.17, 15) is 0 Å². The second-order valence-corrected chi connectivity index (χ2v) is 1.06. The van der Waals surface area contributed by atoms with Crippen LogP contribution in [-0.4, -0.2) is 0 Å². The first kappa shape index (κ1) is 9.81. The Balaban J connectivity index is 0. The molecule has 0 aromatic rings. The third-order valence-electron chi connectivity index (χ3n) is 0.500. The number of rotatable bonds is 2. The van der Waals surface area contributed by atoms with Gasteiger partial charge in [-0.3, -0.25) is 0 Å². The largest absolute Gasteiger partial charge is 2.00 e. The molecule has 0 nitrogen and oxygen atoms in total. The molecular weight excluding hydrogens is 250 g/mol. The summed E-state index contributed by atoms with van der Waals surface area (Å²) in [6.45, 7) is 7.27. The van der Waals surface area contributed by atoms with Crippen LogP contribution in [-0.2, 0) is 19.8 Å². The molecule has 0 heterocycles. The van der Waals surface area contributed by atoms with Gasteiger partial charge in [0.2, 0.25) is 0 Å². The summed E-state index contributed by atoms with van der Waals surface area (Å²) in [6.07, 6.45) is 3.23. The first-order chi connectivity index (χ1) is 2.41. The maximum Gasteiger partial charge on any atom is 2.00 e. The summed E-state index contributed by atoms with van der Waals surface area (Å²) in [5.41, 5.74) is 0. The van der Waals surface area contributed by atoms with Crippen molar-refractivity contribution in [3.63, 3.8) is 0 Å². The third-order valence-corrected chi connectivity index (χ3v) is 0.500. The molecule has 0 saturated heterocycles. The van der Waals surface area contributed by atoms with Crippen LogP contribution in [0.3, 0.4) is 0 Å². The van der Waals surface area contributed by atoms with Crippen molar-refractivity contribution in [3.05, 3.63) is 13.8 Å². The zero-order valence-electron chi connectivity index (χ0n) is 3.89. The van der Waals surface area contributed by atoms with Crippen LogP contribution >= 0.6 is 0 Å². The number of unbranched alkanes of at least 4 members (excludes halogenated alkanes) is 2. The van der Waals surface area contributed by atoms with Crippen molar-refractivity contribution in [3.8, 4) is 0 Å². The van der Waals surface area contributed by atoms with Gasteiger partial charge in [-0.2, -0.15) is 12.8 Å². The molecule has 0 rings (SSSR count). The maximum absolute atomic E-state index is 3.64. The Morgan fingerprint density at radius 2 is 1.33 bits per heavy atom. The number of hydrogen-bond donors (Lipinski definition) is 0. The normalized spacial score (nSPS) is 7.00. The van der Waals surface area contributed by atoms with Gasteiger partial charge < -0.3 is 13.8 Å². The molecular formula is C5H10Os. The van der Waals surface area contributed by atoms with Crippen LogP contribution in [0.15, 0.2) is 0 Å². The molecule has 0 spiro atoms. The second-order valence-electron chi connectivity index (χ2n) is 1.06. The zero-order chi connectivity index (χ0) is 4.12. The fraction of sp³-hybridized carbons (Fsp3) is 0.600. The van der Waals surface area contributed by atoms with Gasteiger partial charge in [0.05, 0.1) is 0 Å². The van der Waals surface area contributed by atoms with E-state index in [0.717, 1.165) is 12.8 Å². The van der Waals surface area contributed by atoms with E-state index in [4.69, 9.17) is 0 Å². The van der Waals surface area contributed by atoms with E-state index in [1.54, 1.807) is 0 Å². The van der Waals surface area contributed by atoms with Crippen molar-refractivity contribution >= 4 is 0 Å². The van der Waals surface area contributed by atoms with Crippen molar-refractivity contribution in [2.45, 2.75) is 19.3 Å². The average Bonchev–Trinajstić information content (AvgIpc) is 1.41. The molecule has 0 aliphatic heterocycles. The smallest absolute Gasteiger partial charge is 0.343 e. The van der Waals surface area contributed by atoms with Crippen LogP contribution in [0.2, 0.25) is 0 Å². The van der Waals surface area contributed by atoms with E-state index in [2.05, 4.69) is 13.8 Å². The SMILES string of the molecule is [CH2-]CCC[CH2-].[Os+2]. The Hall–Kier alpha value is 0.636. The topological polar surface area (TPSA) is 0 Å². The van der Waals surface area contributed by atoms with Crippen LogP contribution in [0.25, 0.3) is 0 Å². The van der Waals surface area contributed by atoms with Crippen molar-refractivity contribution in [2.75, 3.05) is 0 Å². The van der Waals surface area contributed by atoms with Gasteiger partial charge in [-0.1, -0.05) is 0 Å². The van der Waals surface area contributed by atoms with Gasteiger partial charge in [-0.25, -0.2) is 0 Å². The summed E-state index contributed by atoms with van der Waals surface area (Å²) in [6, 6.07) is 0. The van der Waals surface area contributed by atoms with Gasteiger partial charge in [0.15, 0.2) is 0 Å². The Bertz CT molecular complexity index is 11.4. The van der Waals surface area contributed by atoms with Crippen molar-refractivity contribution in [1.82, 2.24) is 0 Å². The van der Waals surface area contributed by atoms with Crippen LogP contribution in [0, 0.1) is 13.8 Å². The molecule has 0 aliphatic rings. The molecule has 38 valence electrons. The molecule has 0 radical (unpaired) electrons. The predicted octanol–water partition coefficient (Wildman–Crippen LogP) is 1.82. The first-order valence-corrected chi connectivity index (χ1v) is 2.00. The van der Waals surface area contributed by atoms with Crippen LogP contribution < -0.4 is 0 Å². The number of hydrogen-bond acceptors (Lipinski definition) is 0. The standard InChI is InChI=1S/C5H10.Os/c1-3-5-4-2;/h1-5H2;/q-2;+2. The zero-order valence-corrected chi connectivity index (χ0v) is 6.43. The fourth-order valence-corrected chi connectivity index (χ4v) is 0.177. The molecule has 0 aromatic carbocycles. The van der Waals surface area contributed by atoms with E-state index >= 15 is 0 Å². The fourth-order valence-electron chi connectivity index (χ4n) is 0.177. The van der Waals surface area contributed by atoms with Gasteiger partial charge in [-0.15, -0.1) is 6.42 Å². The molecule has 0 bridgehead atoms. The molecule has 0 N–H and O–H groups in total. The average molecular weight is 260 g/mol. The minimum atomic E-state index is 0. The van der Waals surface area contributed by atoms with Crippen molar-refractivity contribution in [2.24, 2.45) is 0 Å². The van der Waals surface area contributed by atoms with E-state index < -0.39 is 0 Å². The summed E-state index contributed by atoms with van der Waals surface area (Å²) < 4.78 is 0. The predicted molar refractivity (Wildman–Crippen MR) is 24.6 cm³/mol. The second kappa shape index (κ2) is 9.16. The van der Waals surface area contributed by atoms with Gasteiger partial charge in [-0.05, 0) is 0 Å². The van der Waals surface area contributed by atoms with E-state index in [1.165, 1.54) is 6.42 Å². The van der Waals surface area contributed by atoms with Gasteiger partial charge in [0.1, 0.15) is 0 Å². The third kappa shape index (κ3) is 8.82. The minimum absolute atomic E-state index is 0. The van der Waals surface area contributed by atoms with Crippen LogP contribution in [0.5, 0.6) is 0 Å². The van der Waals surface area contributed by atoms with E-state index in [-0.39, 0.29) is 19.8 Å².